The van der Waals surface area contributed by atoms with Crippen molar-refractivity contribution >= 4 is 46.5 Å². The SMILES string of the molecule is CCOc1ccccc1NC(=O)C(C)Sc1nnc(SCC)s1. The number of amides is 1. The number of ether oxygens (including phenoxy) is 1. The molecule has 23 heavy (non-hydrogen) atoms. The number of rotatable bonds is 8. The van der Waals surface area contributed by atoms with Crippen LogP contribution in [0.15, 0.2) is 32.9 Å². The van der Waals surface area contributed by atoms with Crippen molar-refractivity contribution in [3.05, 3.63) is 24.3 Å². The van der Waals surface area contributed by atoms with Crippen LogP contribution in [0.4, 0.5) is 5.69 Å². The first kappa shape index (κ1) is 18.1. The van der Waals surface area contributed by atoms with Gasteiger partial charge in [0.05, 0.1) is 17.5 Å². The third-order valence-electron chi connectivity index (χ3n) is 2.75. The highest BCUT2D eigenvalue weighted by atomic mass is 32.2. The fraction of sp³-hybridized carbons (Fsp3) is 0.400. The minimum atomic E-state index is -0.267. The van der Waals surface area contributed by atoms with Crippen molar-refractivity contribution in [2.24, 2.45) is 0 Å². The summed E-state index contributed by atoms with van der Waals surface area (Å²) in [5, 5.41) is 10.9. The quantitative estimate of drug-likeness (QED) is 0.705. The molecule has 0 aliphatic carbocycles. The van der Waals surface area contributed by atoms with Gasteiger partial charge in [0.1, 0.15) is 5.75 Å². The van der Waals surface area contributed by atoms with Crippen LogP contribution in [0.3, 0.4) is 0 Å². The molecule has 1 unspecified atom stereocenters. The van der Waals surface area contributed by atoms with Crippen LogP contribution in [0.1, 0.15) is 20.8 Å². The minimum Gasteiger partial charge on any atom is -0.492 e. The normalized spacial score (nSPS) is 12.0. The second kappa shape index (κ2) is 9.14. The fourth-order valence-electron chi connectivity index (χ4n) is 1.72. The van der Waals surface area contributed by atoms with E-state index in [9.17, 15) is 4.79 Å². The van der Waals surface area contributed by atoms with Crippen LogP contribution in [-0.4, -0.2) is 33.7 Å². The number of aromatic nitrogens is 2. The topological polar surface area (TPSA) is 64.1 Å². The van der Waals surface area contributed by atoms with Crippen LogP contribution < -0.4 is 10.1 Å². The Bertz CT molecular complexity index is 648. The van der Waals surface area contributed by atoms with E-state index in [-0.39, 0.29) is 11.2 Å². The minimum absolute atomic E-state index is 0.0814. The Labute approximate surface area is 148 Å². The molecular weight excluding hydrogens is 350 g/mol. The number of hydrogen-bond acceptors (Lipinski definition) is 7. The molecule has 5 nitrogen and oxygen atoms in total. The second-order valence-corrected chi connectivity index (χ2v) is 8.52. The molecule has 0 spiro atoms. The number of thioether (sulfide) groups is 2. The van der Waals surface area contributed by atoms with Gasteiger partial charge in [-0.1, -0.05) is 53.9 Å². The molecule has 8 heteroatoms. The molecule has 1 amide bonds. The molecule has 0 aliphatic heterocycles. The Morgan fingerprint density at radius 2 is 2.04 bits per heavy atom. The van der Waals surface area contributed by atoms with Crippen LogP contribution in [0, 0.1) is 0 Å². The summed E-state index contributed by atoms with van der Waals surface area (Å²) in [6.07, 6.45) is 0. The Hall–Kier alpha value is -1.25. The maximum atomic E-state index is 12.4. The predicted octanol–water partition coefficient (Wildman–Crippen LogP) is 4.17. The highest BCUT2D eigenvalue weighted by Gasteiger charge is 2.18. The first-order valence-electron chi connectivity index (χ1n) is 7.29. The molecule has 1 N–H and O–H groups in total. The van der Waals surface area contributed by atoms with E-state index in [1.54, 1.807) is 11.8 Å². The molecule has 0 radical (unpaired) electrons. The van der Waals surface area contributed by atoms with Gasteiger partial charge in [0.25, 0.3) is 0 Å². The molecule has 1 heterocycles. The number of carbonyl (C=O) groups excluding carboxylic acids is 1. The highest BCUT2D eigenvalue weighted by Crippen LogP contribution is 2.32. The molecule has 0 bridgehead atoms. The smallest absolute Gasteiger partial charge is 0.237 e. The molecule has 0 saturated carbocycles. The summed E-state index contributed by atoms with van der Waals surface area (Å²) in [4.78, 5) is 12.4. The molecule has 1 atom stereocenters. The van der Waals surface area contributed by atoms with Crippen LogP contribution in [0.5, 0.6) is 5.75 Å². The lowest BCUT2D eigenvalue weighted by atomic mass is 10.3. The van der Waals surface area contributed by atoms with E-state index in [1.165, 1.54) is 23.1 Å². The molecule has 2 aromatic rings. The summed E-state index contributed by atoms with van der Waals surface area (Å²) in [6, 6.07) is 7.43. The van der Waals surface area contributed by atoms with Gasteiger partial charge in [-0.05, 0) is 31.7 Å². The molecular formula is C15H19N3O2S3. The molecule has 0 fully saturated rings. The van der Waals surface area contributed by atoms with Gasteiger partial charge in [0, 0.05) is 0 Å². The van der Waals surface area contributed by atoms with Gasteiger partial charge in [-0.2, -0.15) is 0 Å². The van der Waals surface area contributed by atoms with Crippen molar-refractivity contribution < 1.29 is 9.53 Å². The van der Waals surface area contributed by atoms with Gasteiger partial charge in [-0.25, -0.2) is 0 Å². The third-order valence-corrected chi connectivity index (χ3v) is 5.87. The Balaban J connectivity index is 1.97. The van der Waals surface area contributed by atoms with E-state index in [2.05, 4.69) is 22.4 Å². The van der Waals surface area contributed by atoms with E-state index in [1.807, 2.05) is 38.1 Å². The Kier molecular flexibility index (Phi) is 7.19. The number of hydrogen-bond donors (Lipinski definition) is 1. The fourth-order valence-corrected chi connectivity index (χ4v) is 4.78. The van der Waals surface area contributed by atoms with Gasteiger partial charge in [0.2, 0.25) is 5.91 Å². The highest BCUT2D eigenvalue weighted by molar-refractivity contribution is 8.03. The summed E-state index contributed by atoms with van der Waals surface area (Å²) in [5.41, 5.74) is 0.686. The lowest BCUT2D eigenvalue weighted by Crippen LogP contribution is -2.22. The number of para-hydroxylation sites is 2. The zero-order valence-corrected chi connectivity index (χ0v) is 15.7. The van der Waals surface area contributed by atoms with Crippen LogP contribution in [0.25, 0.3) is 0 Å². The Morgan fingerprint density at radius 3 is 2.78 bits per heavy atom. The number of nitrogens with one attached hydrogen (secondary N) is 1. The number of benzene rings is 1. The van der Waals surface area contributed by atoms with Crippen LogP contribution >= 0.6 is 34.9 Å². The third kappa shape index (κ3) is 5.40. The van der Waals surface area contributed by atoms with Crippen molar-refractivity contribution in [2.45, 2.75) is 34.7 Å². The molecule has 0 saturated heterocycles. The lowest BCUT2D eigenvalue weighted by Gasteiger charge is -2.13. The van der Waals surface area contributed by atoms with Crippen molar-refractivity contribution in [1.82, 2.24) is 10.2 Å². The molecule has 124 valence electrons. The maximum Gasteiger partial charge on any atom is 0.237 e. The van der Waals surface area contributed by atoms with Gasteiger partial charge >= 0.3 is 0 Å². The van der Waals surface area contributed by atoms with E-state index >= 15 is 0 Å². The van der Waals surface area contributed by atoms with Crippen molar-refractivity contribution in [3.8, 4) is 5.75 Å². The average Bonchev–Trinajstić information content (AvgIpc) is 2.97. The van der Waals surface area contributed by atoms with Crippen molar-refractivity contribution in [2.75, 3.05) is 17.7 Å². The molecule has 1 aromatic carbocycles. The maximum absolute atomic E-state index is 12.4. The second-order valence-electron chi connectivity index (χ2n) is 4.45. The standard InChI is InChI=1S/C15H19N3O2S3/c1-4-20-12-9-7-6-8-11(12)16-13(19)10(3)22-15-18-17-14(23-15)21-5-2/h6-10H,4-5H2,1-3H3,(H,16,19). The summed E-state index contributed by atoms with van der Waals surface area (Å²) < 4.78 is 7.26. The van der Waals surface area contributed by atoms with Crippen molar-refractivity contribution in [1.29, 1.82) is 0 Å². The molecule has 0 aliphatic rings. The predicted molar refractivity (Wildman–Crippen MR) is 97.9 cm³/mol. The number of carbonyl (C=O) groups is 1. The average molecular weight is 370 g/mol. The van der Waals surface area contributed by atoms with E-state index < -0.39 is 0 Å². The van der Waals surface area contributed by atoms with E-state index in [4.69, 9.17) is 4.74 Å². The summed E-state index contributed by atoms with van der Waals surface area (Å²) in [6.45, 7) is 6.40. The number of anilines is 1. The van der Waals surface area contributed by atoms with Crippen LogP contribution in [-0.2, 0) is 4.79 Å². The Morgan fingerprint density at radius 1 is 1.30 bits per heavy atom. The molecule has 1 aromatic heterocycles. The largest absolute Gasteiger partial charge is 0.492 e. The first-order chi connectivity index (χ1) is 11.1. The first-order valence-corrected chi connectivity index (χ1v) is 9.97. The van der Waals surface area contributed by atoms with Gasteiger partial charge in [-0.3, -0.25) is 4.79 Å². The summed E-state index contributed by atoms with van der Waals surface area (Å²) in [5.74, 6) is 1.56. The zero-order valence-electron chi connectivity index (χ0n) is 13.2. The van der Waals surface area contributed by atoms with Crippen LogP contribution in [0.2, 0.25) is 0 Å². The van der Waals surface area contributed by atoms with Gasteiger partial charge in [-0.15, -0.1) is 10.2 Å². The summed E-state index contributed by atoms with van der Waals surface area (Å²) in [7, 11) is 0. The van der Waals surface area contributed by atoms with E-state index in [0.717, 1.165) is 14.4 Å². The number of nitrogens with zero attached hydrogens (tertiary/aromatic N) is 2. The molecule has 2 rings (SSSR count). The monoisotopic (exact) mass is 369 g/mol. The van der Waals surface area contributed by atoms with E-state index in [0.29, 0.717) is 18.0 Å². The van der Waals surface area contributed by atoms with Crippen molar-refractivity contribution in [3.63, 3.8) is 0 Å². The zero-order chi connectivity index (χ0) is 16.7. The van der Waals surface area contributed by atoms with Gasteiger partial charge < -0.3 is 10.1 Å². The van der Waals surface area contributed by atoms with Gasteiger partial charge in [0.15, 0.2) is 8.68 Å². The summed E-state index contributed by atoms with van der Waals surface area (Å²) >= 11 is 4.59. The lowest BCUT2D eigenvalue weighted by molar-refractivity contribution is -0.115.